The number of aryl methyl sites for hydroxylation is 1. The lowest BCUT2D eigenvalue weighted by Crippen LogP contribution is -2.17. The first-order valence-corrected chi connectivity index (χ1v) is 7.69. The fourth-order valence-electron chi connectivity index (χ4n) is 1.32. The molecule has 1 aromatic heterocycles. The number of thioether (sulfide) groups is 1. The summed E-state index contributed by atoms with van der Waals surface area (Å²) in [7, 11) is 1.40. The molecule has 0 aliphatic rings. The third-order valence-electron chi connectivity index (χ3n) is 2.15. The SMILES string of the molecule is COC(=O)CCc1csc(NC(C)CSC)n1. The standard InChI is InChI=1S/C11H18N2O2S2/c1-8(6-16-3)12-11-13-9(7-17-11)4-5-10(14)15-2/h7-8H,4-6H2,1-3H3,(H,12,13). The van der Waals surface area contributed by atoms with E-state index in [1.807, 2.05) is 5.38 Å². The van der Waals surface area contributed by atoms with Crippen LogP contribution in [0, 0.1) is 0 Å². The molecule has 0 spiro atoms. The molecule has 1 aromatic rings. The van der Waals surface area contributed by atoms with Gasteiger partial charge in [0.15, 0.2) is 5.13 Å². The Bertz CT molecular complexity index is 355. The maximum atomic E-state index is 11.0. The Morgan fingerprint density at radius 2 is 2.47 bits per heavy atom. The molecule has 4 nitrogen and oxygen atoms in total. The third-order valence-corrected chi connectivity index (χ3v) is 3.81. The zero-order valence-electron chi connectivity index (χ0n) is 10.4. The van der Waals surface area contributed by atoms with Crippen LogP contribution >= 0.6 is 23.1 Å². The molecule has 1 rings (SSSR count). The lowest BCUT2D eigenvalue weighted by Gasteiger charge is -2.10. The zero-order chi connectivity index (χ0) is 12.7. The molecule has 1 N–H and O–H groups in total. The number of esters is 1. The van der Waals surface area contributed by atoms with Gasteiger partial charge in [-0.25, -0.2) is 4.98 Å². The molecule has 0 fully saturated rings. The van der Waals surface area contributed by atoms with E-state index in [9.17, 15) is 4.79 Å². The Morgan fingerprint density at radius 1 is 1.71 bits per heavy atom. The number of nitrogens with one attached hydrogen (secondary N) is 1. The summed E-state index contributed by atoms with van der Waals surface area (Å²) in [5.74, 6) is 0.861. The summed E-state index contributed by atoms with van der Waals surface area (Å²) in [5, 5.41) is 6.24. The number of hydrogen-bond donors (Lipinski definition) is 1. The summed E-state index contributed by atoms with van der Waals surface area (Å²) in [5.41, 5.74) is 0.944. The summed E-state index contributed by atoms with van der Waals surface area (Å²) in [6.45, 7) is 2.13. The minimum Gasteiger partial charge on any atom is -0.469 e. The van der Waals surface area contributed by atoms with Gasteiger partial charge in [0.2, 0.25) is 0 Å². The summed E-state index contributed by atoms with van der Waals surface area (Å²) < 4.78 is 4.59. The van der Waals surface area contributed by atoms with Crippen molar-refractivity contribution in [2.75, 3.05) is 24.4 Å². The Hall–Kier alpha value is -0.750. The smallest absolute Gasteiger partial charge is 0.305 e. The highest BCUT2D eigenvalue weighted by Crippen LogP contribution is 2.18. The van der Waals surface area contributed by atoms with Gasteiger partial charge in [-0.05, 0) is 13.2 Å². The second-order valence-electron chi connectivity index (χ2n) is 3.72. The second-order valence-corrected chi connectivity index (χ2v) is 5.49. The highest BCUT2D eigenvalue weighted by atomic mass is 32.2. The van der Waals surface area contributed by atoms with Crippen LogP contribution in [0.3, 0.4) is 0 Å². The van der Waals surface area contributed by atoms with E-state index in [1.54, 1.807) is 23.1 Å². The number of carbonyl (C=O) groups excluding carboxylic acids is 1. The van der Waals surface area contributed by atoms with Crippen LogP contribution in [-0.4, -0.2) is 36.1 Å². The first-order chi connectivity index (χ1) is 8.15. The van der Waals surface area contributed by atoms with Crippen molar-refractivity contribution < 1.29 is 9.53 Å². The van der Waals surface area contributed by atoms with E-state index >= 15 is 0 Å². The van der Waals surface area contributed by atoms with Crippen LogP contribution in [0.4, 0.5) is 5.13 Å². The molecular weight excluding hydrogens is 256 g/mol. The molecule has 1 heterocycles. The van der Waals surface area contributed by atoms with Crippen molar-refractivity contribution in [3.05, 3.63) is 11.1 Å². The van der Waals surface area contributed by atoms with E-state index in [0.717, 1.165) is 16.6 Å². The van der Waals surface area contributed by atoms with E-state index in [-0.39, 0.29) is 5.97 Å². The highest BCUT2D eigenvalue weighted by Gasteiger charge is 2.07. The van der Waals surface area contributed by atoms with Crippen molar-refractivity contribution in [1.82, 2.24) is 4.98 Å². The predicted molar refractivity (Wildman–Crippen MR) is 73.9 cm³/mol. The molecule has 0 saturated heterocycles. The monoisotopic (exact) mass is 274 g/mol. The molecule has 0 aromatic carbocycles. The Kier molecular flexibility index (Phi) is 6.36. The number of ether oxygens (including phenoxy) is 1. The van der Waals surface area contributed by atoms with E-state index in [0.29, 0.717) is 18.9 Å². The molecule has 6 heteroatoms. The van der Waals surface area contributed by atoms with Gasteiger partial charge in [0.1, 0.15) is 0 Å². The zero-order valence-corrected chi connectivity index (χ0v) is 12.0. The number of anilines is 1. The van der Waals surface area contributed by atoms with Crippen molar-refractivity contribution in [2.45, 2.75) is 25.8 Å². The summed E-state index contributed by atoms with van der Waals surface area (Å²) in [4.78, 5) is 15.4. The van der Waals surface area contributed by atoms with E-state index in [1.165, 1.54) is 7.11 Å². The molecule has 96 valence electrons. The topological polar surface area (TPSA) is 51.2 Å². The van der Waals surface area contributed by atoms with Crippen LogP contribution in [0.25, 0.3) is 0 Å². The number of rotatable bonds is 7. The number of carbonyl (C=O) groups is 1. The number of hydrogen-bond acceptors (Lipinski definition) is 6. The quantitative estimate of drug-likeness (QED) is 0.774. The van der Waals surface area contributed by atoms with Crippen molar-refractivity contribution in [3.63, 3.8) is 0 Å². The number of aromatic nitrogens is 1. The fraction of sp³-hybridized carbons (Fsp3) is 0.636. The summed E-state index contributed by atoms with van der Waals surface area (Å²) in [6, 6.07) is 0.407. The highest BCUT2D eigenvalue weighted by molar-refractivity contribution is 7.98. The van der Waals surface area contributed by atoms with Crippen LogP contribution in [0.2, 0.25) is 0 Å². The molecule has 0 bridgehead atoms. The third kappa shape index (κ3) is 5.41. The van der Waals surface area contributed by atoms with Gasteiger partial charge in [-0.15, -0.1) is 11.3 Å². The molecule has 17 heavy (non-hydrogen) atoms. The fourth-order valence-corrected chi connectivity index (χ4v) is 2.76. The largest absolute Gasteiger partial charge is 0.469 e. The molecule has 0 radical (unpaired) electrons. The van der Waals surface area contributed by atoms with E-state index in [4.69, 9.17) is 0 Å². The number of methoxy groups -OCH3 is 1. The minimum absolute atomic E-state index is 0.191. The van der Waals surface area contributed by atoms with Crippen LogP contribution in [0.1, 0.15) is 19.0 Å². The van der Waals surface area contributed by atoms with Gasteiger partial charge in [-0.1, -0.05) is 0 Å². The maximum absolute atomic E-state index is 11.0. The summed E-state index contributed by atoms with van der Waals surface area (Å²) >= 11 is 3.39. The van der Waals surface area contributed by atoms with Gasteiger partial charge in [0, 0.05) is 23.6 Å². The molecule has 0 amide bonds. The Morgan fingerprint density at radius 3 is 3.12 bits per heavy atom. The predicted octanol–water partition coefficient (Wildman–Crippen LogP) is 2.41. The van der Waals surface area contributed by atoms with Crippen molar-refractivity contribution >= 4 is 34.2 Å². The summed E-state index contributed by atoms with van der Waals surface area (Å²) in [6.07, 6.45) is 3.11. The molecule has 1 atom stereocenters. The van der Waals surface area contributed by atoms with E-state index in [2.05, 4.69) is 28.2 Å². The first kappa shape index (κ1) is 14.3. The average Bonchev–Trinajstić information content (AvgIpc) is 2.74. The number of nitrogens with zero attached hydrogens (tertiary/aromatic N) is 1. The average molecular weight is 274 g/mol. The van der Waals surface area contributed by atoms with Gasteiger partial charge in [-0.3, -0.25) is 4.79 Å². The van der Waals surface area contributed by atoms with Crippen LogP contribution < -0.4 is 5.32 Å². The lowest BCUT2D eigenvalue weighted by molar-refractivity contribution is -0.140. The van der Waals surface area contributed by atoms with Gasteiger partial charge >= 0.3 is 5.97 Å². The van der Waals surface area contributed by atoms with Crippen molar-refractivity contribution in [3.8, 4) is 0 Å². The normalized spacial score (nSPS) is 12.2. The van der Waals surface area contributed by atoms with Crippen molar-refractivity contribution in [2.24, 2.45) is 0 Å². The van der Waals surface area contributed by atoms with Gasteiger partial charge in [0.25, 0.3) is 0 Å². The van der Waals surface area contributed by atoms with Crippen LogP contribution in [0.5, 0.6) is 0 Å². The molecular formula is C11H18N2O2S2. The molecule has 0 aliphatic heterocycles. The van der Waals surface area contributed by atoms with Gasteiger partial charge in [0.05, 0.1) is 19.2 Å². The maximum Gasteiger partial charge on any atom is 0.305 e. The molecule has 0 aliphatic carbocycles. The number of thiazole rings is 1. The second kappa shape index (κ2) is 7.55. The van der Waals surface area contributed by atoms with Crippen LogP contribution in [0.15, 0.2) is 5.38 Å². The van der Waals surface area contributed by atoms with Gasteiger partial charge in [-0.2, -0.15) is 11.8 Å². The minimum atomic E-state index is -0.191. The first-order valence-electron chi connectivity index (χ1n) is 5.42. The van der Waals surface area contributed by atoms with Gasteiger partial charge < -0.3 is 10.1 Å². The van der Waals surface area contributed by atoms with Crippen LogP contribution in [-0.2, 0) is 16.0 Å². The van der Waals surface area contributed by atoms with E-state index < -0.39 is 0 Å². The molecule has 1 unspecified atom stereocenters. The molecule has 0 saturated carbocycles. The Balaban J connectivity index is 2.39. The Labute approximate surface area is 110 Å². The lowest BCUT2D eigenvalue weighted by atomic mass is 10.2. The van der Waals surface area contributed by atoms with Crippen molar-refractivity contribution in [1.29, 1.82) is 0 Å².